The molecule has 0 radical (unpaired) electrons. The summed E-state index contributed by atoms with van der Waals surface area (Å²) in [5.74, 6) is 1.02. The monoisotopic (exact) mass is 466 g/mol. The molecule has 2 fully saturated rings. The number of imidazole rings is 1. The van der Waals surface area contributed by atoms with Gasteiger partial charge in [-0.15, -0.1) is 0 Å². The second kappa shape index (κ2) is 8.84. The Labute approximate surface area is 185 Å². The van der Waals surface area contributed by atoms with Crippen molar-refractivity contribution in [1.82, 2.24) is 19.1 Å². The van der Waals surface area contributed by atoms with Gasteiger partial charge in [0.1, 0.15) is 17.9 Å². The number of carbonyl (C=O) groups is 1. The summed E-state index contributed by atoms with van der Waals surface area (Å²) in [6, 6.07) is 0. The van der Waals surface area contributed by atoms with Crippen molar-refractivity contribution < 1.29 is 17.9 Å². The normalized spacial score (nSPS) is 22.6. The summed E-state index contributed by atoms with van der Waals surface area (Å²) in [6.45, 7) is 2.98. The number of hydrogen-bond donors (Lipinski definition) is 1. The lowest BCUT2D eigenvalue weighted by Crippen LogP contribution is -2.41. The molecule has 2 aromatic rings. The number of carbonyl (C=O) groups excluding carboxylic acids is 1. The zero-order valence-corrected chi connectivity index (χ0v) is 19.3. The predicted molar refractivity (Wildman–Crippen MR) is 118 cm³/mol. The molecule has 2 bridgehead atoms. The van der Waals surface area contributed by atoms with Crippen molar-refractivity contribution in [3.63, 3.8) is 0 Å². The average Bonchev–Trinajstić information content (AvgIpc) is 3.46. The summed E-state index contributed by atoms with van der Waals surface area (Å²) in [7, 11) is -3.57. The quantitative estimate of drug-likeness (QED) is 0.549. The van der Waals surface area contributed by atoms with Crippen molar-refractivity contribution in [2.45, 2.75) is 65.0 Å². The molecule has 176 valence electrons. The van der Waals surface area contributed by atoms with Crippen LogP contribution in [0.25, 0.3) is 11.2 Å². The van der Waals surface area contributed by atoms with Crippen LogP contribution < -0.4 is 11.2 Å². The highest BCUT2D eigenvalue weighted by Crippen LogP contribution is 2.52. The first kappa shape index (κ1) is 22.8. The van der Waals surface area contributed by atoms with E-state index in [1.54, 1.807) is 0 Å². The zero-order chi connectivity index (χ0) is 23.0. The number of esters is 1. The fourth-order valence-electron chi connectivity index (χ4n) is 5.21. The molecular formula is C21H30N4O6S. The van der Waals surface area contributed by atoms with Gasteiger partial charge in [-0.2, -0.15) is 0 Å². The molecule has 32 heavy (non-hydrogen) atoms. The van der Waals surface area contributed by atoms with Gasteiger partial charge >= 0.3 is 11.7 Å². The van der Waals surface area contributed by atoms with Crippen molar-refractivity contribution in [2.75, 3.05) is 18.1 Å². The van der Waals surface area contributed by atoms with Crippen LogP contribution in [0.4, 0.5) is 0 Å². The van der Waals surface area contributed by atoms with Gasteiger partial charge in [-0.25, -0.2) is 18.2 Å². The van der Waals surface area contributed by atoms with E-state index in [0.29, 0.717) is 18.3 Å². The number of aromatic amines is 1. The van der Waals surface area contributed by atoms with Gasteiger partial charge in [-0.3, -0.25) is 18.7 Å². The predicted octanol–water partition coefficient (Wildman–Crippen LogP) is 1.18. The Bertz CT molecular complexity index is 1240. The van der Waals surface area contributed by atoms with E-state index in [-0.39, 0.29) is 48.3 Å². The third-order valence-electron chi connectivity index (χ3n) is 6.74. The molecule has 0 spiro atoms. The van der Waals surface area contributed by atoms with E-state index in [4.69, 9.17) is 4.74 Å². The number of fused-ring (bicyclic) bond motifs is 3. The van der Waals surface area contributed by atoms with Crippen LogP contribution in [0.15, 0.2) is 9.59 Å². The minimum atomic E-state index is -3.57. The number of sulfone groups is 1. The van der Waals surface area contributed by atoms with Gasteiger partial charge in [0.2, 0.25) is 0 Å². The smallest absolute Gasteiger partial charge is 0.332 e. The van der Waals surface area contributed by atoms with Crippen molar-refractivity contribution in [3.8, 4) is 0 Å². The maximum Gasteiger partial charge on any atom is 0.332 e. The van der Waals surface area contributed by atoms with E-state index in [1.165, 1.54) is 24.3 Å². The number of hydrogen-bond acceptors (Lipinski definition) is 7. The minimum absolute atomic E-state index is 0.122. The van der Waals surface area contributed by atoms with Gasteiger partial charge in [0.05, 0.1) is 11.5 Å². The molecule has 2 heterocycles. The van der Waals surface area contributed by atoms with Crippen LogP contribution in [-0.2, 0) is 32.5 Å². The molecule has 2 aliphatic rings. The van der Waals surface area contributed by atoms with Crippen LogP contribution >= 0.6 is 0 Å². The van der Waals surface area contributed by atoms with E-state index >= 15 is 0 Å². The van der Waals surface area contributed by atoms with Crippen molar-refractivity contribution in [1.29, 1.82) is 0 Å². The lowest BCUT2D eigenvalue weighted by atomic mass is 9.88. The molecule has 0 aromatic carbocycles. The fourth-order valence-corrected chi connectivity index (χ4v) is 6.21. The third kappa shape index (κ3) is 4.39. The fraction of sp³-hybridized carbons (Fsp3) is 0.714. The Morgan fingerprint density at radius 2 is 1.94 bits per heavy atom. The maximum absolute atomic E-state index is 13.1. The lowest BCUT2D eigenvalue weighted by Gasteiger charge is -2.18. The van der Waals surface area contributed by atoms with Gasteiger partial charge in [-0.1, -0.05) is 13.3 Å². The molecule has 0 aliphatic heterocycles. The number of nitrogens with one attached hydrogen (secondary N) is 1. The molecule has 3 unspecified atom stereocenters. The van der Waals surface area contributed by atoms with E-state index < -0.39 is 27.1 Å². The van der Waals surface area contributed by atoms with E-state index in [9.17, 15) is 22.8 Å². The summed E-state index contributed by atoms with van der Waals surface area (Å²) in [4.78, 5) is 44.8. The number of rotatable bonds is 9. The molecule has 1 N–H and O–H groups in total. The van der Waals surface area contributed by atoms with Crippen LogP contribution in [0.3, 0.4) is 0 Å². The first-order valence-corrected chi connectivity index (χ1v) is 13.1. The van der Waals surface area contributed by atoms with Gasteiger partial charge in [0, 0.05) is 25.9 Å². The van der Waals surface area contributed by atoms with Crippen LogP contribution in [0.1, 0.15) is 57.7 Å². The molecule has 3 atom stereocenters. The van der Waals surface area contributed by atoms with E-state index in [1.807, 2.05) is 6.92 Å². The molecule has 2 saturated carbocycles. The highest BCUT2D eigenvalue weighted by atomic mass is 32.2. The Kier molecular flexibility index (Phi) is 6.28. The second-order valence-corrected chi connectivity index (χ2v) is 11.3. The molecule has 10 nitrogen and oxygen atoms in total. The molecule has 0 amide bonds. The SMILES string of the molecule is CCCn1c(=O)c2[nH]c(C3CC4CCC3C4)nc2n(CCS(=O)(=O)CCOC(C)=O)c1=O. The first-order valence-electron chi connectivity index (χ1n) is 11.3. The highest BCUT2D eigenvalue weighted by molar-refractivity contribution is 7.91. The molecule has 2 aromatic heterocycles. The van der Waals surface area contributed by atoms with Gasteiger partial charge in [0.25, 0.3) is 5.56 Å². The van der Waals surface area contributed by atoms with Crippen LogP contribution in [0.2, 0.25) is 0 Å². The second-order valence-electron chi connectivity index (χ2n) is 8.98. The Balaban J connectivity index is 1.68. The molecule has 4 rings (SSSR count). The van der Waals surface area contributed by atoms with Gasteiger partial charge < -0.3 is 9.72 Å². The topological polar surface area (TPSA) is 133 Å². The van der Waals surface area contributed by atoms with E-state index in [2.05, 4.69) is 9.97 Å². The minimum Gasteiger partial charge on any atom is -0.465 e. The zero-order valence-electron chi connectivity index (χ0n) is 18.5. The third-order valence-corrected chi connectivity index (χ3v) is 8.33. The van der Waals surface area contributed by atoms with Gasteiger partial charge in [-0.05, 0) is 37.5 Å². The molecule has 11 heteroatoms. The van der Waals surface area contributed by atoms with E-state index in [0.717, 1.165) is 23.2 Å². The number of nitrogens with zero attached hydrogens (tertiary/aromatic N) is 3. The largest absolute Gasteiger partial charge is 0.465 e. The number of aromatic nitrogens is 4. The highest BCUT2D eigenvalue weighted by Gasteiger charge is 2.41. The summed E-state index contributed by atoms with van der Waals surface area (Å²) in [6.07, 6.45) is 5.19. The van der Waals surface area contributed by atoms with Crippen molar-refractivity contribution >= 4 is 27.0 Å². The maximum atomic E-state index is 13.1. The Morgan fingerprint density at radius 1 is 1.16 bits per heavy atom. The molecule has 2 aliphatic carbocycles. The Hall–Kier alpha value is -2.43. The molecule has 0 saturated heterocycles. The number of aryl methyl sites for hydroxylation is 1. The van der Waals surface area contributed by atoms with Crippen LogP contribution in [0.5, 0.6) is 0 Å². The summed E-state index contributed by atoms with van der Waals surface area (Å²) in [5.41, 5.74) is -0.485. The lowest BCUT2D eigenvalue weighted by molar-refractivity contribution is -0.140. The van der Waals surface area contributed by atoms with Crippen LogP contribution in [-0.4, -0.2) is 51.6 Å². The summed E-state index contributed by atoms with van der Waals surface area (Å²) >= 11 is 0. The summed E-state index contributed by atoms with van der Waals surface area (Å²) < 4.78 is 32.0. The number of H-pyrrole nitrogens is 1. The number of ether oxygens (including phenoxy) is 1. The van der Waals surface area contributed by atoms with Crippen LogP contribution in [0, 0.1) is 11.8 Å². The summed E-state index contributed by atoms with van der Waals surface area (Å²) in [5, 5.41) is 0. The molecular weight excluding hydrogens is 436 g/mol. The average molecular weight is 467 g/mol. The van der Waals surface area contributed by atoms with Gasteiger partial charge in [0.15, 0.2) is 15.5 Å². The Morgan fingerprint density at radius 3 is 2.56 bits per heavy atom. The van der Waals surface area contributed by atoms with Crippen molar-refractivity contribution in [3.05, 3.63) is 26.7 Å². The first-order chi connectivity index (χ1) is 15.2. The van der Waals surface area contributed by atoms with Crippen molar-refractivity contribution in [2.24, 2.45) is 11.8 Å². The standard InChI is InChI=1S/C21H30N4O6S/c1-3-6-25-20(27)17-19(23-18(22-17)16-12-14-4-5-15(16)11-14)24(21(25)28)7-9-32(29,30)10-8-31-13(2)26/h14-16H,3-12H2,1-2H3,(H,22,23).